The Morgan fingerprint density at radius 1 is 1.21 bits per heavy atom. The maximum Gasteiger partial charge on any atom is 0.316 e. The van der Waals surface area contributed by atoms with Gasteiger partial charge in [0.1, 0.15) is 11.8 Å². The van der Waals surface area contributed by atoms with Gasteiger partial charge in [0.05, 0.1) is 0 Å². The molecular formula is C21H26N4O3. The predicted octanol–water partition coefficient (Wildman–Crippen LogP) is 3.34. The summed E-state index contributed by atoms with van der Waals surface area (Å²) in [6.07, 6.45) is 6.40. The number of carbonyl (C=O) groups excluding carboxylic acids is 1. The highest BCUT2D eigenvalue weighted by Gasteiger charge is 2.45. The summed E-state index contributed by atoms with van der Waals surface area (Å²) in [5, 5.41) is 11.3. The van der Waals surface area contributed by atoms with Crippen molar-refractivity contribution in [3.05, 3.63) is 35.7 Å². The normalized spacial score (nSPS) is 23.6. The van der Waals surface area contributed by atoms with Crippen LogP contribution < -0.4 is 10.1 Å². The van der Waals surface area contributed by atoms with E-state index < -0.39 is 6.04 Å². The standard InChI is InChI=1S/C21H26N4O3/c1-14(19(26)25-12-10-21(8-9-21)11-13-25)22-20-24-23-18(28-20)17-7-6-15-4-2-3-5-16(15)27-17/h2-5,14,17H,6-13H2,1H3,(H,22,24)/t14-,17-/m0/s1. The molecule has 148 valence electrons. The fourth-order valence-corrected chi connectivity index (χ4v) is 4.32. The van der Waals surface area contributed by atoms with E-state index in [1.54, 1.807) is 0 Å². The van der Waals surface area contributed by atoms with Crippen molar-refractivity contribution >= 4 is 11.9 Å². The number of ether oxygens (including phenoxy) is 1. The summed E-state index contributed by atoms with van der Waals surface area (Å²) in [6.45, 7) is 3.56. The number of nitrogens with one attached hydrogen (secondary N) is 1. The zero-order valence-corrected chi connectivity index (χ0v) is 16.2. The van der Waals surface area contributed by atoms with Gasteiger partial charge >= 0.3 is 6.01 Å². The average molecular weight is 382 g/mol. The van der Waals surface area contributed by atoms with Crippen LogP contribution in [0.25, 0.3) is 0 Å². The van der Waals surface area contributed by atoms with Crippen LogP contribution in [0.15, 0.2) is 28.7 Å². The second-order valence-corrected chi connectivity index (χ2v) is 8.39. The van der Waals surface area contributed by atoms with E-state index in [4.69, 9.17) is 9.15 Å². The number of piperidine rings is 1. The topological polar surface area (TPSA) is 80.5 Å². The molecule has 3 heterocycles. The van der Waals surface area contributed by atoms with E-state index in [9.17, 15) is 4.79 Å². The molecule has 2 aromatic rings. The Hall–Kier alpha value is -2.57. The number of anilines is 1. The van der Waals surface area contributed by atoms with Gasteiger partial charge in [0.25, 0.3) is 5.89 Å². The van der Waals surface area contributed by atoms with E-state index in [1.807, 2.05) is 30.0 Å². The van der Waals surface area contributed by atoms with Crippen molar-refractivity contribution < 1.29 is 13.9 Å². The maximum atomic E-state index is 12.7. The first kappa shape index (κ1) is 17.5. The molecule has 0 bridgehead atoms. The lowest BCUT2D eigenvalue weighted by Crippen LogP contribution is -2.45. The molecule has 1 spiro atoms. The minimum Gasteiger partial charge on any atom is -0.480 e. The van der Waals surface area contributed by atoms with Crippen LogP contribution in [0.5, 0.6) is 5.75 Å². The zero-order chi connectivity index (χ0) is 19.1. The number of benzene rings is 1. The van der Waals surface area contributed by atoms with Gasteiger partial charge < -0.3 is 19.4 Å². The number of amides is 1. The molecule has 7 nitrogen and oxygen atoms in total. The molecule has 28 heavy (non-hydrogen) atoms. The van der Waals surface area contributed by atoms with Crippen molar-refractivity contribution in [2.75, 3.05) is 18.4 Å². The predicted molar refractivity (Wildman–Crippen MR) is 103 cm³/mol. The molecule has 1 aliphatic carbocycles. The number of carbonyl (C=O) groups is 1. The van der Waals surface area contributed by atoms with Crippen LogP contribution in [0.2, 0.25) is 0 Å². The van der Waals surface area contributed by atoms with Gasteiger partial charge in [0.15, 0.2) is 6.10 Å². The van der Waals surface area contributed by atoms with Crippen LogP contribution in [0, 0.1) is 5.41 Å². The summed E-state index contributed by atoms with van der Waals surface area (Å²) in [5.74, 6) is 1.41. The molecule has 1 saturated heterocycles. The van der Waals surface area contributed by atoms with Gasteiger partial charge in [-0.15, -0.1) is 5.10 Å². The van der Waals surface area contributed by atoms with E-state index in [1.165, 1.54) is 18.4 Å². The van der Waals surface area contributed by atoms with Crippen molar-refractivity contribution in [1.29, 1.82) is 0 Å². The number of aromatic nitrogens is 2. The molecule has 1 saturated carbocycles. The second kappa shape index (κ2) is 6.79. The fourth-order valence-electron chi connectivity index (χ4n) is 4.32. The first-order chi connectivity index (χ1) is 13.6. The third-order valence-electron chi connectivity index (χ3n) is 6.44. The number of para-hydroxylation sites is 1. The molecule has 5 rings (SSSR count). The summed E-state index contributed by atoms with van der Waals surface area (Å²) in [5.41, 5.74) is 1.76. The largest absolute Gasteiger partial charge is 0.480 e. The lowest BCUT2D eigenvalue weighted by Gasteiger charge is -2.33. The lowest BCUT2D eigenvalue weighted by molar-refractivity contribution is -0.133. The first-order valence-corrected chi connectivity index (χ1v) is 10.3. The molecule has 1 aromatic carbocycles. The Labute approximate surface area is 164 Å². The van der Waals surface area contributed by atoms with Gasteiger partial charge in [-0.2, -0.15) is 0 Å². The van der Waals surface area contributed by atoms with E-state index in [0.717, 1.165) is 44.5 Å². The van der Waals surface area contributed by atoms with Gasteiger partial charge in [-0.05, 0) is 62.5 Å². The van der Waals surface area contributed by atoms with Crippen LogP contribution in [-0.2, 0) is 11.2 Å². The molecule has 1 aromatic heterocycles. The number of nitrogens with zero attached hydrogens (tertiary/aromatic N) is 3. The number of aryl methyl sites for hydroxylation is 1. The molecule has 2 atom stereocenters. The van der Waals surface area contributed by atoms with E-state index in [0.29, 0.717) is 11.3 Å². The minimum atomic E-state index is -0.394. The summed E-state index contributed by atoms with van der Waals surface area (Å²) >= 11 is 0. The number of fused-ring (bicyclic) bond motifs is 1. The van der Waals surface area contributed by atoms with Crippen LogP contribution in [0.3, 0.4) is 0 Å². The van der Waals surface area contributed by atoms with Crippen molar-refractivity contribution in [2.45, 2.75) is 57.6 Å². The maximum absolute atomic E-state index is 12.7. The summed E-state index contributed by atoms with van der Waals surface area (Å²) in [7, 11) is 0. The van der Waals surface area contributed by atoms with Gasteiger partial charge in [0.2, 0.25) is 5.91 Å². The SMILES string of the molecule is C[C@H](Nc1nnc([C@@H]2CCc3ccccc3O2)o1)C(=O)N1CCC2(CC1)CC2. The van der Waals surface area contributed by atoms with Crippen molar-refractivity contribution in [2.24, 2.45) is 5.41 Å². The van der Waals surface area contributed by atoms with Crippen LogP contribution in [0.4, 0.5) is 6.01 Å². The number of rotatable bonds is 4. The lowest BCUT2D eigenvalue weighted by atomic mass is 9.93. The highest BCUT2D eigenvalue weighted by Crippen LogP contribution is 2.53. The highest BCUT2D eigenvalue weighted by atomic mass is 16.5. The molecule has 0 unspecified atom stereocenters. The van der Waals surface area contributed by atoms with E-state index in [-0.39, 0.29) is 18.0 Å². The highest BCUT2D eigenvalue weighted by molar-refractivity contribution is 5.83. The first-order valence-electron chi connectivity index (χ1n) is 10.3. The second-order valence-electron chi connectivity index (χ2n) is 8.39. The molecule has 2 fully saturated rings. The van der Waals surface area contributed by atoms with Crippen LogP contribution in [-0.4, -0.2) is 40.1 Å². The number of hydrogen-bond donors (Lipinski definition) is 1. The Morgan fingerprint density at radius 2 is 2.00 bits per heavy atom. The molecule has 1 amide bonds. The average Bonchev–Trinajstić information content (AvgIpc) is 3.31. The van der Waals surface area contributed by atoms with Gasteiger partial charge in [-0.3, -0.25) is 4.79 Å². The quantitative estimate of drug-likeness (QED) is 0.874. The van der Waals surface area contributed by atoms with Crippen molar-refractivity contribution in [3.63, 3.8) is 0 Å². The summed E-state index contributed by atoms with van der Waals surface area (Å²) in [6, 6.07) is 7.89. The van der Waals surface area contributed by atoms with Crippen LogP contribution in [0.1, 0.15) is 56.6 Å². The summed E-state index contributed by atoms with van der Waals surface area (Å²) < 4.78 is 11.8. The molecule has 2 aliphatic heterocycles. The third kappa shape index (κ3) is 3.34. The molecular weight excluding hydrogens is 356 g/mol. The Morgan fingerprint density at radius 3 is 2.79 bits per heavy atom. The monoisotopic (exact) mass is 382 g/mol. The third-order valence-corrected chi connectivity index (χ3v) is 6.44. The fraction of sp³-hybridized carbons (Fsp3) is 0.571. The molecule has 0 radical (unpaired) electrons. The smallest absolute Gasteiger partial charge is 0.316 e. The number of likely N-dealkylation sites (tertiary alicyclic amines) is 1. The van der Waals surface area contributed by atoms with Crippen molar-refractivity contribution in [3.8, 4) is 5.75 Å². The Bertz CT molecular complexity index is 866. The molecule has 1 N–H and O–H groups in total. The van der Waals surface area contributed by atoms with Crippen molar-refractivity contribution in [1.82, 2.24) is 15.1 Å². The van der Waals surface area contributed by atoms with E-state index >= 15 is 0 Å². The van der Waals surface area contributed by atoms with Gasteiger partial charge in [-0.1, -0.05) is 23.3 Å². The molecule has 7 heteroatoms. The Balaban J connectivity index is 1.19. The van der Waals surface area contributed by atoms with Crippen LogP contribution >= 0.6 is 0 Å². The van der Waals surface area contributed by atoms with Gasteiger partial charge in [0, 0.05) is 13.1 Å². The Kier molecular flexibility index (Phi) is 4.25. The summed E-state index contributed by atoms with van der Waals surface area (Å²) in [4.78, 5) is 14.7. The minimum absolute atomic E-state index is 0.0955. The number of hydrogen-bond acceptors (Lipinski definition) is 6. The molecule has 3 aliphatic rings. The zero-order valence-electron chi connectivity index (χ0n) is 16.2. The van der Waals surface area contributed by atoms with E-state index in [2.05, 4.69) is 21.6 Å². The van der Waals surface area contributed by atoms with Gasteiger partial charge in [-0.25, -0.2) is 0 Å².